The fourth-order valence-corrected chi connectivity index (χ4v) is 5.61. The van der Waals surface area contributed by atoms with Gasteiger partial charge in [0, 0.05) is 12.6 Å². The minimum Gasteiger partial charge on any atom is -0.454 e. The van der Waals surface area contributed by atoms with E-state index in [9.17, 15) is 17.6 Å². The molecular weight excluding hydrogens is 423 g/mol. The summed E-state index contributed by atoms with van der Waals surface area (Å²) in [6.45, 7) is 0.127. The molecular formula is C22H25FN2O5S. The van der Waals surface area contributed by atoms with E-state index in [1.807, 2.05) is 6.07 Å². The van der Waals surface area contributed by atoms with Gasteiger partial charge >= 0.3 is 0 Å². The molecule has 31 heavy (non-hydrogen) atoms. The number of ether oxygens (including phenoxy) is 2. The number of halogens is 1. The Morgan fingerprint density at radius 1 is 1.03 bits per heavy atom. The monoisotopic (exact) mass is 448 g/mol. The molecule has 7 nitrogen and oxygen atoms in total. The second-order valence-corrected chi connectivity index (χ2v) is 9.65. The van der Waals surface area contributed by atoms with Crippen LogP contribution in [-0.4, -0.2) is 38.0 Å². The standard InChI is InChI=1S/C22H25FN2O5S/c23-17-7-9-19(10-8-17)31(27,28)25(18-4-2-1-3-5-18)14-22(26)24-13-16-6-11-20-21(12-16)30-15-29-20/h6-12,18H,1-5,13-15H2,(H,24,26). The maximum absolute atomic E-state index is 13.3. The number of carbonyl (C=O) groups excluding carboxylic acids is 1. The van der Waals surface area contributed by atoms with Gasteiger partial charge in [-0.2, -0.15) is 4.31 Å². The third-order valence-corrected chi connectivity index (χ3v) is 7.54. The molecule has 0 spiro atoms. The molecule has 1 heterocycles. The molecule has 2 aromatic rings. The highest BCUT2D eigenvalue weighted by Gasteiger charge is 2.34. The Bertz CT molecular complexity index is 1040. The van der Waals surface area contributed by atoms with E-state index in [0.29, 0.717) is 24.3 Å². The Labute approximate surface area is 181 Å². The van der Waals surface area contributed by atoms with Crippen LogP contribution in [0.3, 0.4) is 0 Å². The lowest BCUT2D eigenvalue weighted by molar-refractivity contribution is -0.121. The zero-order valence-electron chi connectivity index (χ0n) is 17.1. The van der Waals surface area contributed by atoms with Crippen molar-refractivity contribution in [1.29, 1.82) is 0 Å². The number of hydrogen-bond acceptors (Lipinski definition) is 5. The van der Waals surface area contributed by atoms with Crippen molar-refractivity contribution in [3.8, 4) is 11.5 Å². The molecule has 1 N–H and O–H groups in total. The van der Waals surface area contributed by atoms with E-state index in [4.69, 9.17) is 9.47 Å². The summed E-state index contributed by atoms with van der Waals surface area (Å²) in [7, 11) is -3.93. The Morgan fingerprint density at radius 2 is 1.74 bits per heavy atom. The van der Waals surface area contributed by atoms with Crippen molar-refractivity contribution in [3.63, 3.8) is 0 Å². The second-order valence-electron chi connectivity index (χ2n) is 7.76. The van der Waals surface area contributed by atoms with Gasteiger partial charge < -0.3 is 14.8 Å². The number of fused-ring (bicyclic) bond motifs is 1. The number of rotatable bonds is 7. The maximum Gasteiger partial charge on any atom is 0.243 e. The first-order chi connectivity index (χ1) is 14.9. The Hall–Kier alpha value is -2.65. The zero-order chi connectivity index (χ0) is 21.8. The Balaban J connectivity index is 1.47. The second kappa shape index (κ2) is 9.23. The van der Waals surface area contributed by atoms with Crippen molar-refractivity contribution >= 4 is 15.9 Å². The quantitative estimate of drug-likeness (QED) is 0.703. The van der Waals surface area contributed by atoms with Gasteiger partial charge in [0.2, 0.25) is 22.7 Å². The highest BCUT2D eigenvalue weighted by molar-refractivity contribution is 7.89. The topological polar surface area (TPSA) is 84.9 Å². The first-order valence-corrected chi connectivity index (χ1v) is 11.8. The van der Waals surface area contributed by atoms with Crippen LogP contribution in [0.25, 0.3) is 0 Å². The third-order valence-electron chi connectivity index (χ3n) is 5.63. The molecule has 1 aliphatic heterocycles. The lowest BCUT2D eigenvalue weighted by atomic mass is 9.95. The molecule has 0 saturated heterocycles. The molecule has 0 atom stereocenters. The normalized spacial score (nSPS) is 16.5. The van der Waals surface area contributed by atoms with Crippen molar-refractivity contribution in [1.82, 2.24) is 9.62 Å². The first-order valence-electron chi connectivity index (χ1n) is 10.4. The minimum atomic E-state index is -3.93. The van der Waals surface area contributed by atoms with Gasteiger partial charge in [0.25, 0.3) is 0 Å². The molecule has 1 aliphatic carbocycles. The number of nitrogens with one attached hydrogen (secondary N) is 1. The van der Waals surface area contributed by atoms with Crippen molar-refractivity contribution in [2.24, 2.45) is 0 Å². The van der Waals surface area contributed by atoms with Gasteiger partial charge in [0.05, 0.1) is 11.4 Å². The van der Waals surface area contributed by atoms with Crippen LogP contribution in [0.5, 0.6) is 11.5 Å². The molecule has 166 valence electrons. The number of hydrogen-bond donors (Lipinski definition) is 1. The fraction of sp³-hybridized carbons (Fsp3) is 0.409. The van der Waals surface area contributed by atoms with Crippen LogP contribution in [0, 0.1) is 5.82 Å². The molecule has 0 unspecified atom stereocenters. The first kappa shape index (κ1) is 21.6. The van der Waals surface area contributed by atoms with E-state index in [-0.39, 0.29) is 30.8 Å². The van der Waals surface area contributed by atoms with E-state index in [0.717, 1.165) is 37.0 Å². The van der Waals surface area contributed by atoms with E-state index in [1.54, 1.807) is 12.1 Å². The molecule has 0 aromatic heterocycles. The summed E-state index contributed by atoms with van der Waals surface area (Å²) < 4.78 is 51.7. The van der Waals surface area contributed by atoms with Crippen LogP contribution in [0.2, 0.25) is 0 Å². The highest BCUT2D eigenvalue weighted by Crippen LogP contribution is 2.32. The van der Waals surface area contributed by atoms with E-state index < -0.39 is 21.7 Å². The summed E-state index contributed by atoms with van der Waals surface area (Å²) in [4.78, 5) is 12.7. The largest absolute Gasteiger partial charge is 0.454 e. The minimum absolute atomic E-state index is 0.0111. The average molecular weight is 449 g/mol. The lowest BCUT2D eigenvalue weighted by Crippen LogP contribution is -2.46. The number of amides is 1. The summed E-state index contributed by atoms with van der Waals surface area (Å²) in [6, 6.07) is 9.85. The molecule has 0 bridgehead atoms. The van der Waals surface area contributed by atoms with Gasteiger partial charge in [-0.1, -0.05) is 25.3 Å². The van der Waals surface area contributed by atoms with Crippen molar-refractivity contribution in [3.05, 3.63) is 53.8 Å². The predicted molar refractivity (Wildman–Crippen MR) is 112 cm³/mol. The van der Waals surface area contributed by atoms with Crippen molar-refractivity contribution < 1.29 is 27.1 Å². The summed E-state index contributed by atoms with van der Waals surface area (Å²) in [6.07, 6.45) is 4.29. The van der Waals surface area contributed by atoms with Crippen LogP contribution in [0.15, 0.2) is 47.4 Å². The van der Waals surface area contributed by atoms with Gasteiger partial charge in [-0.15, -0.1) is 0 Å². The lowest BCUT2D eigenvalue weighted by Gasteiger charge is -2.33. The van der Waals surface area contributed by atoms with E-state index in [1.165, 1.54) is 16.4 Å². The third kappa shape index (κ3) is 4.99. The zero-order valence-corrected chi connectivity index (χ0v) is 17.9. The molecule has 2 aromatic carbocycles. The van der Waals surface area contributed by atoms with Gasteiger partial charge in [0.1, 0.15) is 5.82 Å². The Kier molecular flexibility index (Phi) is 6.43. The molecule has 9 heteroatoms. The number of benzene rings is 2. The SMILES string of the molecule is O=C(CN(C1CCCCC1)S(=O)(=O)c1ccc(F)cc1)NCc1ccc2c(c1)OCO2. The van der Waals surface area contributed by atoms with Crippen LogP contribution in [0.1, 0.15) is 37.7 Å². The van der Waals surface area contributed by atoms with Gasteiger partial charge in [0.15, 0.2) is 11.5 Å². The van der Waals surface area contributed by atoms with E-state index in [2.05, 4.69) is 5.32 Å². The molecule has 4 rings (SSSR count). The predicted octanol–water partition coefficient (Wildman–Crippen LogP) is 3.19. The number of carbonyl (C=O) groups is 1. The van der Waals surface area contributed by atoms with E-state index >= 15 is 0 Å². The van der Waals surface area contributed by atoms with Crippen LogP contribution in [0.4, 0.5) is 4.39 Å². The van der Waals surface area contributed by atoms with Gasteiger partial charge in [-0.25, -0.2) is 12.8 Å². The van der Waals surface area contributed by atoms with Crippen molar-refractivity contribution in [2.45, 2.75) is 49.6 Å². The number of nitrogens with zero attached hydrogens (tertiary/aromatic N) is 1. The van der Waals surface area contributed by atoms with Crippen LogP contribution in [-0.2, 0) is 21.4 Å². The molecule has 1 fully saturated rings. The van der Waals surface area contributed by atoms with Gasteiger partial charge in [-0.3, -0.25) is 4.79 Å². The summed E-state index contributed by atoms with van der Waals surface area (Å²) in [5.41, 5.74) is 0.822. The summed E-state index contributed by atoms with van der Waals surface area (Å²) >= 11 is 0. The van der Waals surface area contributed by atoms with Crippen LogP contribution < -0.4 is 14.8 Å². The fourth-order valence-electron chi connectivity index (χ4n) is 3.97. The average Bonchev–Trinajstić information content (AvgIpc) is 3.25. The summed E-state index contributed by atoms with van der Waals surface area (Å²) in [5, 5.41) is 2.79. The molecule has 1 amide bonds. The molecule has 1 saturated carbocycles. The smallest absolute Gasteiger partial charge is 0.243 e. The van der Waals surface area contributed by atoms with Crippen LogP contribution >= 0.6 is 0 Å². The summed E-state index contributed by atoms with van der Waals surface area (Å²) in [5.74, 6) is 0.372. The molecule has 2 aliphatic rings. The van der Waals surface area contributed by atoms with Gasteiger partial charge in [-0.05, 0) is 54.8 Å². The van der Waals surface area contributed by atoms with Crippen molar-refractivity contribution in [2.75, 3.05) is 13.3 Å². The highest BCUT2D eigenvalue weighted by atomic mass is 32.2. The maximum atomic E-state index is 13.3. The Morgan fingerprint density at radius 3 is 2.48 bits per heavy atom. The molecule has 0 radical (unpaired) electrons. The number of sulfonamides is 1.